The summed E-state index contributed by atoms with van der Waals surface area (Å²) in [6.07, 6.45) is 4.72. The molecule has 0 radical (unpaired) electrons. The van der Waals surface area contributed by atoms with Crippen molar-refractivity contribution in [3.63, 3.8) is 0 Å². The molecule has 0 aromatic heterocycles. The number of hydrogen-bond acceptors (Lipinski definition) is 5. The first kappa shape index (κ1) is 24.9. The van der Waals surface area contributed by atoms with E-state index in [1.54, 1.807) is 0 Å². The second kappa shape index (κ2) is 14.0. The highest BCUT2D eigenvalue weighted by atomic mass is 16.5. The fourth-order valence-electron chi connectivity index (χ4n) is 2.30. The number of aliphatic carboxylic acids is 1. The van der Waals surface area contributed by atoms with Gasteiger partial charge in [-0.3, -0.25) is 0 Å². The SMILES string of the molecule is CC(=O)[O-].CCCCNc1ccc(C(=O)OCC[N+](C)(C)CCCC)cc1. The van der Waals surface area contributed by atoms with Gasteiger partial charge in [0.1, 0.15) is 13.2 Å². The molecule has 0 fully saturated rings. The molecule has 0 saturated heterocycles. The molecule has 0 heterocycles. The minimum absolute atomic E-state index is 0.236. The van der Waals surface area contributed by atoms with Gasteiger partial charge in [0.2, 0.25) is 0 Å². The van der Waals surface area contributed by atoms with Crippen molar-refractivity contribution in [1.82, 2.24) is 0 Å². The number of esters is 1. The van der Waals surface area contributed by atoms with Crippen LogP contribution in [0.1, 0.15) is 56.8 Å². The summed E-state index contributed by atoms with van der Waals surface area (Å²) in [5.41, 5.74) is 1.66. The lowest BCUT2D eigenvalue weighted by molar-refractivity contribution is -0.890. The molecule has 6 nitrogen and oxygen atoms in total. The number of unbranched alkanes of at least 4 members (excludes halogenated alkanes) is 2. The molecule has 0 aliphatic rings. The lowest BCUT2D eigenvalue weighted by atomic mass is 10.2. The summed E-state index contributed by atoms with van der Waals surface area (Å²) in [4.78, 5) is 21.0. The van der Waals surface area contributed by atoms with Gasteiger partial charge in [0, 0.05) is 18.2 Å². The second-order valence-electron chi connectivity index (χ2n) is 7.22. The molecule has 0 bridgehead atoms. The molecule has 0 amide bonds. The van der Waals surface area contributed by atoms with Crippen LogP contribution < -0.4 is 10.4 Å². The minimum atomic E-state index is -1.08. The fourth-order valence-corrected chi connectivity index (χ4v) is 2.30. The molecule has 1 N–H and O–H groups in total. The lowest BCUT2D eigenvalue weighted by Gasteiger charge is -2.29. The van der Waals surface area contributed by atoms with Gasteiger partial charge >= 0.3 is 5.97 Å². The van der Waals surface area contributed by atoms with Gasteiger partial charge in [-0.05, 0) is 44.0 Å². The second-order valence-corrected chi connectivity index (χ2v) is 7.22. The summed E-state index contributed by atoms with van der Waals surface area (Å²) in [6, 6.07) is 7.53. The van der Waals surface area contributed by atoms with Crippen molar-refractivity contribution in [2.75, 3.05) is 45.7 Å². The van der Waals surface area contributed by atoms with Crippen LogP contribution in [0.3, 0.4) is 0 Å². The quantitative estimate of drug-likeness (QED) is 0.363. The molecule has 0 unspecified atom stereocenters. The number of carbonyl (C=O) groups excluding carboxylic acids is 2. The molecule has 0 aliphatic carbocycles. The van der Waals surface area contributed by atoms with Crippen molar-refractivity contribution >= 4 is 17.6 Å². The van der Waals surface area contributed by atoms with E-state index in [0.717, 1.165) is 43.1 Å². The molecule has 1 aromatic carbocycles. The Morgan fingerprint density at radius 2 is 1.59 bits per heavy atom. The summed E-state index contributed by atoms with van der Waals surface area (Å²) in [5.74, 6) is -1.32. The van der Waals surface area contributed by atoms with Gasteiger partial charge in [0.15, 0.2) is 0 Å². The van der Waals surface area contributed by atoms with E-state index in [0.29, 0.717) is 12.2 Å². The van der Waals surface area contributed by atoms with Crippen LogP contribution in [0.2, 0.25) is 0 Å². The third-order valence-electron chi connectivity index (χ3n) is 4.03. The number of ether oxygens (including phenoxy) is 1. The van der Waals surface area contributed by atoms with Gasteiger partial charge in [0.25, 0.3) is 0 Å². The zero-order chi connectivity index (χ0) is 20.7. The predicted molar refractivity (Wildman–Crippen MR) is 108 cm³/mol. The van der Waals surface area contributed by atoms with Gasteiger partial charge in [-0.15, -0.1) is 0 Å². The largest absolute Gasteiger partial charge is 0.550 e. The molecule has 0 atom stereocenters. The Morgan fingerprint density at radius 3 is 2.11 bits per heavy atom. The first-order chi connectivity index (χ1) is 12.7. The van der Waals surface area contributed by atoms with Crippen molar-refractivity contribution in [3.8, 4) is 0 Å². The van der Waals surface area contributed by atoms with Crippen LogP contribution >= 0.6 is 0 Å². The topological polar surface area (TPSA) is 78.5 Å². The summed E-state index contributed by atoms with van der Waals surface area (Å²) in [7, 11) is 4.36. The number of nitrogens with zero attached hydrogens (tertiary/aromatic N) is 1. The zero-order valence-corrected chi connectivity index (χ0v) is 17.5. The van der Waals surface area contributed by atoms with Crippen LogP contribution in [-0.4, -0.2) is 56.8 Å². The predicted octanol–water partition coefficient (Wildman–Crippen LogP) is 2.69. The van der Waals surface area contributed by atoms with Crippen molar-refractivity contribution in [1.29, 1.82) is 0 Å². The number of carboxylic acids is 1. The van der Waals surface area contributed by atoms with Crippen LogP contribution in [-0.2, 0) is 9.53 Å². The van der Waals surface area contributed by atoms with Gasteiger partial charge in [0.05, 0.1) is 26.2 Å². The lowest BCUT2D eigenvalue weighted by Crippen LogP contribution is -2.43. The van der Waals surface area contributed by atoms with E-state index in [1.807, 2.05) is 24.3 Å². The Kier molecular flexibility index (Phi) is 13.0. The van der Waals surface area contributed by atoms with E-state index >= 15 is 0 Å². The van der Waals surface area contributed by atoms with Crippen molar-refractivity contribution < 1.29 is 23.9 Å². The summed E-state index contributed by atoms with van der Waals surface area (Å²) < 4.78 is 6.30. The van der Waals surface area contributed by atoms with E-state index < -0.39 is 5.97 Å². The molecule has 1 rings (SSSR count). The van der Waals surface area contributed by atoms with E-state index in [1.165, 1.54) is 19.3 Å². The van der Waals surface area contributed by atoms with Gasteiger partial charge in [-0.25, -0.2) is 4.79 Å². The maximum atomic E-state index is 12.1. The van der Waals surface area contributed by atoms with Crippen LogP contribution in [0.15, 0.2) is 24.3 Å². The Balaban J connectivity index is 0.00000153. The number of nitrogens with one attached hydrogen (secondary N) is 1. The fraction of sp³-hybridized carbons (Fsp3) is 0.619. The number of hydrogen-bond donors (Lipinski definition) is 1. The molecule has 1 aromatic rings. The maximum Gasteiger partial charge on any atom is 0.338 e. The van der Waals surface area contributed by atoms with Crippen molar-refractivity contribution in [3.05, 3.63) is 29.8 Å². The normalized spacial score (nSPS) is 10.6. The summed E-state index contributed by atoms with van der Waals surface area (Å²) in [5, 5.41) is 12.2. The van der Waals surface area contributed by atoms with Crippen LogP contribution in [0.5, 0.6) is 0 Å². The van der Waals surface area contributed by atoms with E-state index in [2.05, 4.69) is 33.3 Å². The molecular formula is C21H36N2O4. The van der Waals surface area contributed by atoms with Crippen molar-refractivity contribution in [2.45, 2.75) is 46.5 Å². The van der Waals surface area contributed by atoms with E-state index in [-0.39, 0.29) is 5.97 Å². The first-order valence-corrected chi connectivity index (χ1v) is 9.72. The summed E-state index contributed by atoms with van der Waals surface area (Å²) >= 11 is 0. The molecule has 154 valence electrons. The average Bonchev–Trinajstić information content (AvgIpc) is 2.60. The van der Waals surface area contributed by atoms with Gasteiger partial charge in [-0.1, -0.05) is 26.7 Å². The number of benzene rings is 1. The maximum absolute atomic E-state index is 12.1. The summed E-state index contributed by atoms with van der Waals surface area (Å²) in [6.45, 7) is 8.73. The van der Waals surface area contributed by atoms with Gasteiger partial charge in [-0.2, -0.15) is 0 Å². The van der Waals surface area contributed by atoms with Crippen molar-refractivity contribution in [2.24, 2.45) is 0 Å². The third kappa shape index (κ3) is 13.7. The number of rotatable bonds is 11. The zero-order valence-electron chi connectivity index (χ0n) is 17.5. The molecule has 0 spiro atoms. The van der Waals surface area contributed by atoms with Crippen LogP contribution in [0, 0.1) is 0 Å². The number of anilines is 1. The molecule has 6 heteroatoms. The molecular weight excluding hydrogens is 344 g/mol. The van der Waals surface area contributed by atoms with E-state index in [4.69, 9.17) is 14.6 Å². The van der Waals surface area contributed by atoms with E-state index in [9.17, 15) is 4.79 Å². The Hall–Kier alpha value is -2.08. The highest BCUT2D eigenvalue weighted by Crippen LogP contribution is 2.11. The Bertz CT molecular complexity index is 538. The highest BCUT2D eigenvalue weighted by Gasteiger charge is 2.15. The highest BCUT2D eigenvalue weighted by molar-refractivity contribution is 5.89. The van der Waals surface area contributed by atoms with Crippen LogP contribution in [0.25, 0.3) is 0 Å². The minimum Gasteiger partial charge on any atom is -0.550 e. The molecule has 0 saturated carbocycles. The number of quaternary nitrogens is 1. The van der Waals surface area contributed by atoms with Crippen LogP contribution in [0.4, 0.5) is 5.69 Å². The monoisotopic (exact) mass is 380 g/mol. The Morgan fingerprint density at radius 1 is 1.04 bits per heavy atom. The standard InChI is InChI=1S/C19H32N2O2.C2H4O2/c1-5-7-13-20-18-11-9-17(10-12-18)19(22)23-16-15-21(3,4)14-8-6-2;1-2(3)4/h9-12H,5-8,13-16H2,1-4H3;1H3,(H,3,4). The number of likely N-dealkylation sites (N-methyl/N-ethyl adjacent to an activating group) is 1. The molecule has 0 aliphatic heterocycles. The van der Waals surface area contributed by atoms with Gasteiger partial charge < -0.3 is 24.4 Å². The Labute approximate surface area is 164 Å². The average molecular weight is 381 g/mol. The number of carboxylic acid groups (broad SMARTS) is 1. The third-order valence-corrected chi connectivity index (χ3v) is 4.03. The number of carbonyl (C=O) groups is 2. The smallest absolute Gasteiger partial charge is 0.338 e. The first-order valence-electron chi connectivity index (χ1n) is 9.72. The molecule has 27 heavy (non-hydrogen) atoms.